The lowest BCUT2D eigenvalue weighted by atomic mass is 10.2. The van der Waals surface area contributed by atoms with Gasteiger partial charge in [-0.2, -0.15) is 0 Å². The number of amides is 1. The number of ether oxygens (including phenoxy) is 1. The summed E-state index contributed by atoms with van der Waals surface area (Å²) < 4.78 is 5.72. The van der Waals surface area contributed by atoms with Gasteiger partial charge < -0.3 is 15.2 Å². The zero-order valence-corrected chi connectivity index (χ0v) is 14.2. The quantitative estimate of drug-likeness (QED) is 0.683. The van der Waals surface area contributed by atoms with Crippen LogP contribution in [0.15, 0.2) is 48.5 Å². The van der Waals surface area contributed by atoms with Crippen LogP contribution in [0.4, 0.5) is 0 Å². The zero-order valence-electron chi connectivity index (χ0n) is 13.5. The van der Waals surface area contributed by atoms with E-state index < -0.39 is 6.04 Å². The van der Waals surface area contributed by atoms with Gasteiger partial charge in [0, 0.05) is 24.2 Å². The Morgan fingerprint density at radius 2 is 1.92 bits per heavy atom. The predicted octanol–water partition coefficient (Wildman–Crippen LogP) is 2.12. The van der Waals surface area contributed by atoms with E-state index in [1.807, 2.05) is 48.5 Å². The van der Waals surface area contributed by atoms with E-state index in [0.717, 1.165) is 16.9 Å². The van der Waals surface area contributed by atoms with Gasteiger partial charge in [0.25, 0.3) is 0 Å². The van der Waals surface area contributed by atoms with Crippen LogP contribution in [-0.4, -0.2) is 30.7 Å². The second-order valence-electron chi connectivity index (χ2n) is 5.25. The Hall–Kier alpha value is -2.08. The van der Waals surface area contributed by atoms with Crippen molar-refractivity contribution in [1.29, 1.82) is 0 Å². The largest absolute Gasteiger partial charge is 0.489 e. The molecular weight excluding hydrogens is 328 g/mol. The van der Waals surface area contributed by atoms with Crippen molar-refractivity contribution in [3.05, 3.63) is 64.7 Å². The lowest BCUT2D eigenvalue weighted by Crippen LogP contribution is -2.44. The molecule has 2 rings (SSSR count). The van der Waals surface area contributed by atoms with E-state index in [0.29, 0.717) is 18.2 Å². The number of likely N-dealkylation sites (N-methyl/N-ethyl adjacent to an activating group) is 1. The molecule has 0 aliphatic rings. The number of aliphatic hydroxyl groups is 1. The first kappa shape index (κ1) is 18.3. The van der Waals surface area contributed by atoms with Crippen LogP contribution < -0.4 is 15.4 Å². The van der Waals surface area contributed by atoms with E-state index in [1.165, 1.54) is 7.05 Å². The molecule has 2 aromatic carbocycles. The van der Waals surface area contributed by atoms with Gasteiger partial charge in [0.1, 0.15) is 18.4 Å². The number of rotatable bonds is 8. The van der Waals surface area contributed by atoms with Crippen molar-refractivity contribution in [3.8, 4) is 5.75 Å². The maximum absolute atomic E-state index is 11.5. The van der Waals surface area contributed by atoms with Gasteiger partial charge in [0.15, 0.2) is 0 Å². The monoisotopic (exact) mass is 348 g/mol. The predicted molar refractivity (Wildman–Crippen MR) is 94.0 cm³/mol. The fourth-order valence-electron chi connectivity index (χ4n) is 2.14. The van der Waals surface area contributed by atoms with Gasteiger partial charge in [-0.3, -0.25) is 10.1 Å². The number of halogens is 1. The first-order chi connectivity index (χ1) is 11.6. The molecule has 2 aromatic rings. The normalized spacial score (nSPS) is 11.8. The standard InChI is InChI=1S/C18H21ClN2O3/c1-20-18(23)17(11-22)21-10-13-6-8-15(9-7-13)24-12-14-4-2-3-5-16(14)19/h2-9,17,21-22H,10-12H2,1H3,(H,20,23)/t17-/m0/s1. The number of benzene rings is 2. The molecule has 0 heterocycles. The lowest BCUT2D eigenvalue weighted by molar-refractivity contribution is -0.123. The number of hydrogen-bond acceptors (Lipinski definition) is 4. The molecule has 0 fully saturated rings. The molecule has 0 spiro atoms. The van der Waals surface area contributed by atoms with Crippen molar-refractivity contribution in [3.63, 3.8) is 0 Å². The highest BCUT2D eigenvalue weighted by Gasteiger charge is 2.14. The first-order valence-electron chi connectivity index (χ1n) is 7.65. The maximum Gasteiger partial charge on any atom is 0.239 e. The SMILES string of the molecule is CNC(=O)[C@H](CO)NCc1ccc(OCc2ccccc2Cl)cc1. The van der Waals surface area contributed by atoms with Crippen LogP contribution in [0.25, 0.3) is 0 Å². The van der Waals surface area contributed by atoms with Gasteiger partial charge in [-0.1, -0.05) is 41.9 Å². The van der Waals surface area contributed by atoms with Crippen molar-refractivity contribution in [2.75, 3.05) is 13.7 Å². The van der Waals surface area contributed by atoms with Crippen LogP contribution in [-0.2, 0) is 17.9 Å². The van der Waals surface area contributed by atoms with Crippen molar-refractivity contribution < 1.29 is 14.6 Å². The van der Waals surface area contributed by atoms with Crippen LogP contribution in [0.1, 0.15) is 11.1 Å². The number of hydrogen-bond donors (Lipinski definition) is 3. The summed E-state index contributed by atoms with van der Waals surface area (Å²) >= 11 is 6.10. The highest BCUT2D eigenvalue weighted by molar-refractivity contribution is 6.31. The molecule has 0 aliphatic heterocycles. The lowest BCUT2D eigenvalue weighted by Gasteiger charge is -2.15. The molecule has 5 nitrogen and oxygen atoms in total. The summed E-state index contributed by atoms with van der Waals surface area (Å²) in [6.45, 7) is 0.628. The Morgan fingerprint density at radius 1 is 1.21 bits per heavy atom. The third-order valence-corrected chi connectivity index (χ3v) is 3.94. The first-order valence-corrected chi connectivity index (χ1v) is 8.03. The van der Waals surface area contributed by atoms with Crippen molar-refractivity contribution in [2.24, 2.45) is 0 Å². The van der Waals surface area contributed by atoms with E-state index in [-0.39, 0.29) is 12.5 Å². The van der Waals surface area contributed by atoms with E-state index in [1.54, 1.807) is 0 Å². The zero-order chi connectivity index (χ0) is 17.4. The van der Waals surface area contributed by atoms with Crippen LogP contribution in [0.3, 0.4) is 0 Å². The Kier molecular flexibility index (Phi) is 7.06. The minimum atomic E-state index is -0.619. The smallest absolute Gasteiger partial charge is 0.239 e. The number of nitrogens with one attached hydrogen (secondary N) is 2. The molecule has 0 saturated carbocycles. The summed E-state index contributed by atoms with van der Waals surface area (Å²) in [4.78, 5) is 11.5. The van der Waals surface area contributed by atoms with E-state index in [9.17, 15) is 9.90 Å². The number of carbonyl (C=O) groups excluding carboxylic acids is 1. The molecule has 0 bridgehead atoms. The van der Waals surface area contributed by atoms with Gasteiger partial charge in [0.05, 0.1) is 6.61 Å². The highest BCUT2D eigenvalue weighted by atomic mass is 35.5. The summed E-state index contributed by atoms with van der Waals surface area (Å²) in [5.41, 5.74) is 1.92. The fourth-order valence-corrected chi connectivity index (χ4v) is 2.33. The van der Waals surface area contributed by atoms with E-state index >= 15 is 0 Å². The van der Waals surface area contributed by atoms with Crippen molar-refractivity contribution in [2.45, 2.75) is 19.2 Å². The molecule has 3 N–H and O–H groups in total. The van der Waals surface area contributed by atoms with Crippen molar-refractivity contribution in [1.82, 2.24) is 10.6 Å². The summed E-state index contributed by atoms with van der Waals surface area (Å²) in [6.07, 6.45) is 0. The molecule has 0 aliphatic carbocycles. The second-order valence-corrected chi connectivity index (χ2v) is 5.66. The molecule has 1 amide bonds. The third-order valence-electron chi connectivity index (χ3n) is 3.57. The maximum atomic E-state index is 11.5. The van der Waals surface area contributed by atoms with E-state index in [2.05, 4.69) is 10.6 Å². The van der Waals surface area contributed by atoms with Gasteiger partial charge in [-0.25, -0.2) is 0 Å². The number of carbonyl (C=O) groups is 1. The average molecular weight is 349 g/mol. The summed E-state index contributed by atoms with van der Waals surface area (Å²) in [7, 11) is 1.54. The highest BCUT2D eigenvalue weighted by Crippen LogP contribution is 2.19. The summed E-state index contributed by atoms with van der Waals surface area (Å²) in [6, 6.07) is 14.5. The molecule has 128 valence electrons. The van der Waals surface area contributed by atoms with Gasteiger partial charge in [-0.05, 0) is 23.8 Å². The summed E-state index contributed by atoms with van der Waals surface area (Å²) in [5.74, 6) is 0.501. The van der Waals surface area contributed by atoms with Gasteiger partial charge in [-0.15, -0.1) is 0 Å². The summed E-state index contributed by atoms with van der Waals surface area (Å²) in [5, 5.41) is 15.4. The van der Waals surface area contributed by atoms with Crippen LogP contribution in [0, 0.1) is 0 Å². The average Bonchev–Trinajstić information content (AvgIpc) is 2.62. The van der Waals surface area contributed by atoms with Crippen LogP contribution in [0.5, 0.6) is 5.75 Å². The molecule has 0 aromatic heterocycles. The van der Waals surface area contributed by atoms with Crippen LogP contribution in [0.2, 0.25) is 5.02 Å². The van der Waals surface area contributed by atoms with Crippen LogP contribution >= 0.6 is 11.6 Å². The molecule has 0 radical (unpaired) electrons. The molecule has 1 atom stereocenters. The number of aliphatic hydroxyl groups excluding tert-OH is 1. The van der Waals surface area contributed by atoms with Gasteiger partial charge in [0.2, 0.25) is 5.91 Å². The van der Waals surface area contributed by atoms with Crippen molar-refractivity contribution >= 4 is 17.5 Å². The third kappa shape index (κ3) is 5.23. The van der Waals surface area contributed by atoms with E-state index in [4.69, 9.17) is 16.3 Å². The molecule has 0 unspecified atom stereocenters. The minimum absolute atomic E-state index is 0.239. The molecule has 6 heteroatoms. The molecular formula is C18H21ClN2O3. The Morgan fingerprint density at radius 3 is 2.54 bits per heavy atom. The minimum Gasteiger partial charge on any atom is -0.489 e. The second kappa shape index (κ2) is 9.27. The topological polar surface area (TPSA) is 70.6 Å². The molecule has 24 heavy (non-hydrogen) atoms. The fraction of sp³-hybridized carbons (Fsp3) is 0.278. The Bertz CT molecular complexity index is 662. The van der Waals surface area contributed by atoms with Gasteiger partial charge >= 0.3 is 0 Å². The molecule has 0 saturated heterocycles. The Balaban J connectivity index is 1.86. The Labute approximate surface area is 146 Å².